The normalized spacial score (nSPS) is 17.8. The van der Waals surface area contributed by atoms with Crippen LogP contribution in [-0.4, -0.2) is 55.3 Å². The van der Waals surface area contributed by atoms with E-state index < -0.39 is 16.0 Å². The molecule has 1 saturated heterocycles. The summed E-state index contributed by atoms with van der Waals surface area (Å²) in [6, 6.07) is 10.3. The number of benzene rings is 1. The second-order valence-corrected chi connectivity index (χ2v) is 11.3. The van der Waals surface area contributed by atoms with E-state index in [-0.39, 0.29) is 9.77 Å². The summed E-state index contributed by atoms with van der Waals surface area (Å²) in [5.74, 6) is -0.556. The summed E-state index contributed by atoms with van der Waals surface area (Å²) >= 11 is 1.24. The van der Waals surface area contributed by atoms with Gasteiger partial charge in [0.25, 0.3) is 10.0 Å². The van der Waals surface area contributed by atoms with Crippen molar-refractivity contribution in [2.75, 3.05) is 26.7 Å². The Hall–Kier alpha value is -2.20. The number of ether oxygens (including phenoxy) is 1. The predicted octanol–water partition coefficient (Wildman–Crippen LogP) is 3.36. The number of aromatic nitrogens is 1. The van der Waals surface area contributed by atoms with E-state index in [0.29, 0.717) is 26.1 Å². The van der Waals surface area contributed by atoms with E-state index in [0.717, 1.165) is 47.6 Å². The van der Waals surface area contributed by atoms with E-state index in [4.69, 9.17) is 4.74 Å². The van der Waals surface area contributed by atoms with Gasteiger partial charge in [-0.1, -0.05) is 18.2 Å². The minimum Gasteiger partial charge on any atom is -0.465 e. The van der Waals surface area contributed by atoms with Gasteiger partial charge in [0.1, 0.15) is 4.21 Å². The second-order valence-electron chi connectivity index (χ2n) is 8.11. The smallest absolute Gasteiger partial charge is 0.340 e. The highest BCUT2D eigenvalue weighted by Crippen LogP contribution is 2.39. The first-order chi connectivity index (χ1) is 15.0. The molecule has 0 unspecified atom stereocenters. The number of carbonyl (C=O) groups excluding carboxylic acids is 1. The molecule has 164 valence electrons. The average Bonchev–Trinajstić information content (AvgIpc) is 3.50. The van der Waals surface area contributed by atoms with Crippen molar-refractivity contribution in [2.45, 2.75) is 36.6 Å². The van der Waals surface area contributed by atoms with Crippen molar-refractivity contribution in [2.24, 2.45) is 0 Å². The number of H-pyrrole nitrogens is 1. The lowest BCUT2D eigenvalue weighted by molar-refractivity contribution is 0.0595. The van der Waals surface area contributed by atoms with Gasteiger partial charge in [-0.2, -0.15) is 4.31 Å². The van der Waals surface area contributed by atoms with E-state index in [1.807, 2.05) is 12.1 Å². The average molecular weight is 460 g/mol. The van der Waals surface area contributed by atoms with Gasteiger partial charge in [0.05, 0.1) is 12.7 Å². The van der Waals surface area contributed by atoms with Gasteiger partial charge in [-0.05, 0) is 42.3 Å². The largest absolute Gasteiger partial charge is 0.465 e. The number of thiophene rings is 1. The summed E-state index contributed by atoms with van der Waals surface area (Å²) in [4.78, 5) is 19.3. The summed E-state index contributed by atoms with van der Waals surface area (Å²) < 4.78 is 33.2. The maximum Gasteiger partial charge on any atom is 0.340 e. The van der Waals surface area contributed by atoms with Crippen LogP contribution in [0.5, 0.6) is 0 Å². The third kappa shape index (κ3) is 3.69. The standard InChI is InChI=1S/C22H25N3O4S2/c1-29-21(26)20-17-8-11-24(13-16-12-15-6-2-3-7-18(15)23-16)14-19(17)30-22(20)31(27,28)25-9-4-5-10-25/h2-3,6-7,12,23H,4-5,8-11,13-14H2,1H3. The number of methoxy groups -OCH3 is 1. The van der Waals surface area contributed by atoms with Gasteiger partial charge >= 0.3 is 5.97 Å². The number of hydrogen-bond acceptors (Lipinski definition) is 6. The fourth-order valence-electron chi connectivity index (χ4n) is 4.56. The highest BCUT2D eigenvalue weighted by molar-refractivity contribution is 7.91. The van der Waals surface area contributed by atoms with Crippen LogP contribution in [-0.2, 0) is 34.3 Å². The molecule has 9 heteroatoms. The van der Waals surface area contributed by atoms with Gasteiger partial charge < -0.3 is 9.72 Å². The number of nitrogens with one attached hydrogen (secondary N) is 1. The molecule has 7 nitrogen and oxygen atoms in total. The summed E-state index contributed by atoms with van der Waals surface area (Å²) in [6.07, 6.45) is 2.35. The number of hydrogen-bond donors (Lipinski definition) is 1. The topological polar surface area (TPSA) is 82.7 Å². The lowest BCUT2D eigenvalue weighted by atomic mass is 10.0. The van der Waals surface area contributed by atoms with Crippen molar-refractivity contribution in [3.63, 3.8) is 0 Å². The van der Waals surface area contributed by atoms with Crippen LogP contribution in [0.25, 0.3) is 10.9 Å². The van der Waals surface area contributed by atoms with Crippen molar-refractivity contribution in [3.05, 3.63) is 52.0 Å². The molecule has 3 aromatic rings. The molecule has 0 bridgehead atoms. The number of esters is 1. The van der Waals surface area contributed by atoms with E-state index in [9.17, 15) is 13.2 Å². The number of fused-ring (bicyclic) bond motifs is 2. The van der Waals surface area contributed by atoms with Crippen LogP contribution in [0.3, 0.4) is 0 Å². The van der Waals surface area contributed by atoms with Gasteiger partial charge in [-0.3, -0.25) is 4.90 Å². The highest BCUT2D eigenvalue weighted by atomic mass is 32.2. The number of carbonyl (C=O) groups is 1. The van der Waals surface area contributed by atoms with Crippen LogP contribution >= 0.6 is 11.3 Å². The SMILES string of the molecule is COC(=O)c1c(S(=O)(=O)N2CCCC2)sc2c1CCN(Cc1cc3ccccc3[nH]1)C2. The molecule has 2 aromatic heterocycles. The summed E-state index contributed by atoms with van der Waals surface area (Å²) in [7, 11) is -2.38. The Kier molecular flexibility index (Phi) is 5.37. The van der Waals surface area contributed by atoms with Crippen LogP contribution in [0.1, 0.15) is 39.3 Å². The molecule has 2 aliphatic heterocycles. The number of para-hydroxylation sites is 1. The molecule has 1 aromatic carbocycles. The lowest BCUT2D eigenvalue weighted by Crippen LogP contribution is -2.30. The van der Waals surface area contributed by atoms with Crippen molar-refractivity contribution in [1.29, 1.82) is 0 Å². The molecule has 4 heterocycles. The maximum atomic E-state index is 13.3. The number of sulfonamides is 1. The van der Waals surface area contributed by atoms with Crippen LogP contribution in [0.15, 0.2) is 34.5 Å². The van der Waals surface area contributed by atoms with Crippen molar-refractivity contribution >= 4 is 38.2 Å². The molecule has 1 fully saturated rings. The van der Waals surface area contributed by atoms with Crippen molar-refractivity contribution < 1.29 is 17.9 Å². The van der Waals surface area contributed by atoms with Gasteiger partial charge in [-0.15, -0.1) is 11.3 Å². The minimum atomic E-state index is -3.69. The molecule has 0 atom stereocenters. The van der Waals surface area contributed by atoms with E-state index >= 15 is 0 Å². The Labute approximate surface area is 185 Å². The minimum absolute atomic E-state index is 0.152. The van der Waals surface area contributed by atoms with Crippen molar-refractivity contribution in [3.8, 4) is 0 Å². The summed E-state index contributed by atoms with van der Waals surface area (Å²) in [5.41, 5.74) is 3.32. The first kappa shape index (κ1) is 20.7. The van der Waals surface area contributed by atoms with E-state index in [1.54, 1.807) is 0 Å². The molecule has 0 amide bonds. The first-order valence-electron chi connectivity index (χ1n) is 10.5. The van der Waals surface area contributed by atoms with E-state index in [1.165, 1.54) is 28.1 Å². The van der Waals surface area contributed by atoms with Gasteiger partial charge in [0.15, 0.2) is 0 Å². The third-order valence-corrected chi connectivity index (χ3v) is 9.72. The molecule has 0 radical (unpaired) electrons. The quantitative estimate of drug-likeness (QED) is 0.592. The zero-order valence-corrected chi connectivity index (χ0v) is 19.0. The Balaban J connectivity index is 1.45. The molecule has 0 saturated carbocycles. The Morgan fingerprint density at radius 1 is 1.19 bits per heavy atom. The van der Waals surface area contributed by atoms with E-state index in [2.05, 4.69) is 28.1 Å². The van der Waals surface area contributed by atoms with Crippen LogP contribution in [0, 0.1) is 0 Å². The molecular weight excluding hydrogens is 434 g/mol. The number of nitrogens with zero attached hydrogens (tertiary/aromatic N) is 2. The van der Waals surface area contributed by atoms with Crippen LogP contribution in [0.2, 0.25) is 0 Å². The van der Waals surface area contributed by atoms with Crippen LogP contribution < -0.4 is 0 Å². The molecule has 1 N–H and O–H groups in total. The van der Waals surface area contributed by atoms with Gasteiger partial charge in [0, 0.05) is 48.8 Å². The fourth-order valence-corrected chi connectivity index (χ4v) is 8.15. The highest BCUT2D eigenvalue weighted by Gasteiger charge is 2.37. The Morgan fingerprint density at radius 2 is 1.97 bits per heavy atom. The lowest BCUT2D eigenvalue weighted by Gasteiger charge is -2.26. The second kappa shape index (κ2) is 8.05. The monoisotopic (exact) mass is 459 g/mol. The van der Waals surface area contributed by atoms with Crippen LogP contribution in [0.4, 0.5) is 0 Å². The zero-order valence-electron chi connectivity index (χ0n) is 17.4. The fraction of sp³-hybridized carbons (Fsp3) is 0.409. The summed E-state index contributed by atoms with van der Waals surface area (Å²) in [6.45, 7) is 3.14. The molecule has 31 heavy (non-hydrogen) atoms. The molecule has 2 aliphatic rings. The number of rotatable bonds is 5. The molecule has 5 rings (SSSR count). The van der Waals surface area contributed by atoms with Crippen molar-refractivity contribution in [1.82, 2.24) is 14.2 Å². The molecule has 0 spiro atoms. The number of aromatic amines is 1. The molecular formula is C22H25N3O4S2. The molecule has 0 aliphatic carbocycles. The third-order valence-electron chi connectivity index (χ3n) is 6.11. The summed E-state index contributed by atoms with van der Waals surface area (Å²) in [5, 5.41) is 1.18. The zero-order chi connectivity index (χ0) is 21.6. The van der Waals surface area contributed by atoms with Gasteiger partial charge in [0.2, 0.25) is 0 Å². The Bertz CT molecular complexity index is 1210. The predicted molar refractivity (Wildman–Crippen MR) is 120 cm³/mol. The van der Waals surface area contributed by atoms with Gasteiger partial charge in [-0.25, -0.2) is 13.2 Å². The maximum absolute atomic E-state index is 13.3. The Morgan fingerprint density at radius 3 is 2.71 bits per heavy atom. The first-order valence-corrected chi connectivity index (χ1v) is 12.7.